The first kappa shape index (κ1) is 20.9. The number of aromatic nitrogens is 2. The molecule has 1 aromatic heterocycles. The molecule has 0 bridgehead atoms. The standard InChI is InChI=1S/C22H24N2O4S/c1-22(2,3)16-7-11-18(12-8-16)27-13-20-23-24-21(28-20)29-14-19(25)15-5-9-17(26-4)10-6-15/h5-12H,13-14H2,1-4H3. The zero-order valence-electron chi connectivity index (χ0n) is 17.0. The fourth-order valence-corrected chi connectivity index (χ4v) is 3.21. The highest BCUT2D eigenvalue weighted by molar-refractivity contribution is 7.99. The maximum Gasteiger partial charge on any atom is 0.277 e. The summed E-state index contributed by atoms with van der Waals surface area (Å²) >= 11 is 1.20. The van der Waals surface area contributed by atoms with Crippen LogP contribution in [0.3, 0.4) is 0 Å². The second kappa shape index (κ2) is 9.13. The van der Waals surface area contributed by atoms with Crippen LogP contribution in [0, 0.1) is 0 Å². The van der Waals surface area contributed by atoms with Gasteiger partial charge in [-0.1, -0.05) is 44.7 Å². The van der Waals surface area contributed by atoms with Gasteiger partial charge in [-0.05, 0) is 47.4 Å². The van der Waals surface area contributed by atoms with Gasteiger partial charge in [0.1, 0.15) is 11.5 Å². The van der Waals surface area contributed by atoms with Crippen LogP contribution in [-0.2, 0) is 12.0 Å². The highest BCUT2D eigenvalue weighted by Gasteiger charge is 2.14. The van der Waals surface area contributed by atoms with Crippen molar-refractivity contribution in [3.63, 3.8) is 0 Å². The highest BCUT2D eigenvalue weighted by atomic mass is 32.2. The van der Waals surface area contributed by atoms with Gasteiger partial charge in [-0.15, -0.1) is 10.2 Å². The summed E-state index contributed by atoms with van der Waals surface area (Å²) in [4.78, 5) is 12.3. The molecular formula is C22H24N2O4S. The van der Waals surface area contributed by atoms with E-state index in [0.29, 0.717) is 22.4 Å². The van der Waals surface area contributed by atoms with Gasteiger partial charge in [0.05, 0.1) is 12.9 Å². The minimum absolute atomic E-state index is 0.0207. The number of Topliss-reactive ketones (excluding diaryl/α,β-unsaturated/α-hetero) is 1. The molecule has 0 unspecified atom stereocenters. The van der Waals surface area contributed by atoms with Gasteiger partial charge in [-0.25, -0.2) is 0 Å². The maximum atomic E-state index is 12.3. The Bertz CT molecular complexity index is 944. The van der Waals surface area contributed by atoms with Gasteiger partial charge in [-0.3, -0.25) is 4.79 Å². The first-order chi connectivity index (χ1) is 13.8. The fraction of sp³-hybridized carbons (Fsp3) is 0.318. The number of thioether (sulfide) groups is 1. The molecule has 0 saturated heterocycles. The maximum absolute atomic E-state index is 12.3. The lowest BCUT2D eigenvalue weighted by molar-refractivity contribution is 0.102. The van der Waals surface area contributed by atoms with Gasteiger partial charge >= 0.3 is 0 Å². The van der Waals surface area contributed by atoms with Crippen molar-refractivity contribution in [2.45, 2.75) is 38.0 Å². The van der Waals surface area contributed by atoms with E-state index < -0.39 is 0 Å². The van der Waals surface area contributed by atoms with Crippen LogP contribution in [0.1, 0.15) is 42.6 Å². The summed E-state index contributed by atoms with van der Waals surface area (Å²) in [6, 6.07) is 15.0. The summed E-state index contributed by atoms with van der Waals surface area (Å²) in [5.41, 5.74) is 1.95. The van der Waals surface area contributed by atoms with Crippen LogP contribution in [0.25, 0.3) is 0 Å². The summed E-state index contributed by atoms with van der Waals surface area (Å²) in [5, 5.41) is 8.27. The normalized spacial score (nSPS) is 11.3. The largest absolute Gasteiger partial charge is 0.497 e. The Morgan fingerprint density at radius 1 is 1.00 bits per heavy atom. The predicted molar refractivity (Wildman–Crippen MR) is 112 cm³/mol. The number of ether oxygens (including phenoxy) is 2. The van der Waals surface area contributed by atoms with Crippen molar-refractivity contribution < 1.29 is 18.7 Å². The molecule has 1 heterocycles. The Labute approximate surface area is 174 Å². The number of carbonyl (C=O) groups excluding carboxylic acids is 1. The van der Waals surface area contributed by atoms with E-state index in [4.69, 9.17) is 13.9 Å². The first-order valence-electron chi connectivity index (χ1n) is 9.21. The van der Waals surface area contributed by atoms with Crippen LogP contribution in [-0.4, -0.2) is 28.8 Å². The summed E-state index contributed by atoms with van der Waals surface area (Å²) in [7, 11) is 1.59. The van der Waals surface area contributed by atoms with Crippen molar-refractivity contribution in [3.8, 4) is 11.5 Å². The van der Waals surface area contributed by atoms with Crippen molar-refractivity contribution in [3.05, 3.63) is 65.5 Å². The molecule has 0 atom stereocenters. The molecule has 0 radical (unpaired) electrons. The number of methoxy groups -OCH3 is 1. The molecule has 0 aliphatic carbocycles. The highest BCUT2D eigenvalue weighted by Crippen LogP contribution is 2.25. The molecule has 3 aromatic rings. The van der Waals surface area contributed by atoms with Gasteiger partial charge in [0, 0.05) is 5.56 Å². The van der Waals surface area contributed by atoms with E-state index >= 15 is 0 Å². The van der Waals surface area contributed by atoms with Gasteiger partial charge in [-0.2, -0.15) is 0 Å². The van der Waals surface area contributed by atoms with E-state index in [2.05, 4.69) is 43.1 Å². The molecule has 0 spiro atoms. The van der Waals surface area contributed by atoms with Crippen LogP contribution < -0.4 is 9.47 Å². The van der Waals surface area contributed by atoms with Crippen molar-refractivity contribution in [2.24, 2.45) is 0 Å². The van der Waals surface area contributed by atoms with Crippen LogP contribution >= 0.6 is 11.8 Å². The minimum atomic E-state index is -0.0207. The summed E-state index contributed by atoms with van der Waals surface area (Å²) < 4.78 is 16.3. The number of hydrogen-bond acceptors (Lipinski definition) is 7. The Morgan fingerprint density at radius 3 is 2.28 bits per heavy atom. The van der Waals surface area contributed by atoms with Gasteiger partial charge in [0.15, 0.2) is 12.4 Å². The third-order valence-electron chi connectivity index (χ3n) is 4.27. The fourth-order valence-electron chi connectivity index (χ4n) is 2.54. The predicted octanol–water partition coefficient (Wildman–Crippen LogP) is 4.93. The number of nitrogens with zero attached hydrogens (tertiary/aromatic N) is 2. The summed E-state index contributed by atoms with van der Waals surface area (Å²) in [5.74, 6) is 2.00. The number of carbonyl (C=O) groups is 1. The zero-order chi connectivity index (χ0) is 20.9. The van der Waals surface area contributed by atoms with Crippen molar-refractivity contribution in [2.75, 3.05) is 12.9 Å². The van der Waals surface area contributed by atoms with Gasteiger partial charge < -0.3 is 13.9 Å². The number of benzene rings is 2. The van der Waals surface area contributed by atoms with Crippen LogP contribution in [0.2, 0.25) is 0 Å². The second-order valence-electron chi connectivity index (χ2n) is 7.47. The Morgan fingerprint density at radius 2 is 1.66 bits per heavy atom. The van der Waals surface area contributed by atoms with E-state index in [1.54, 1.807) is 31.4 Å². The van der Waals surface area contributed by atoms with E-state index in [1.165, 1.54) is 17.3 Å². The second-order valence-corrected chi connectivity index (χ2v) is 8.39. The molecule has 6 nitrogen and oxygen atoms in total. The van der Waals surface area contributed by atoms with Crippen molar-refractivity contribution in [1.82, 2.24) is 10.2 Å². The third kappa shape index (κ3) is 5.84. The Balaban J connectivity index is 1.49. The van der Waals surface area contributed by atoms with Crippen molar-refractivity contribution in [1.29, 1.82) is 0 Å². The van der Waals surface area contributed by atoms with E-state index in [-0.39, 0.29) is 23.6 Å². The molecule has 0 N–H and O–H groups in total. The molecule has 152 valence electrons. The number of hydrogen-bond donors (Lipinski definition) is 0. The molecule has 0 saturated carbocycles. The Hall–Kier alpha value is -2.80. The van der Waals surface area contributed by atoms with Crippen LogP contribution in [0.15, 0.2) is 58.2 Å². The van der Waals surface area contributed by atoms with Crippen molar-refractivity contribution >= 4 is 17.5 Å². The van der Waals surface area contributed by atoms with Crippen LogP contribution in [0.4, 0.5) is 0 Å². The molecule has 29 heavy (non-hydrogen) atoms. The lowest BCUT2D eigenvalue weighted by Crippen LogP contribution is -2.10. The SMILES string of the molecule is COc1ccc(C(=O)CSc2nnc(COc3ccc(C(C)(C)C)cc3)o2)cc1. The topological polar surface area (TPSA) is 74.5 Å². The quantitative estimate of drug-likeness (QED) is 0.383. The molecule has 0 amide bonds. The minimum Gasteiger partial charge on any atom is -0.497 e. The summed E-state index contributed by atoms with van der Waals surface area (Å²) in [6.07, 6.45) is 0. The monoisotopic (exact) mass is 412 g/mol. The first-order valence-corrected chi connectivity index (χ1v) is 10.2. The third-order valence-corrected chi connectivity index (χ3v) is 5.09. The molecular weight excluding hydrogens is 388 g/mol. The van der Waals surface area contributed by atoms with E-state index in [9.17, 15) is 4.79 Å². The average molecular weight is 413 g/mol. The smallest absolute Gasteiger partial charge is 0.277 e. The number of rotatable bonds is 8. The lowest BCUT2D eigenvalue weighted by atomic mass is 9.87. The summed E-state index contributed by atoms with van der Waals surface area (Å²) in [6.45, 7) is 6.68. The van der Waals surface area contributed by atoms with E-state index in [1.807, 2.05) is 12.1 Å². The molecule has 3 rings (SSSR count). The molecule has 2 aromatic carbocycles. The van der Waals surface area contributed by atoms with Crippen LogP contribution in [0.5, 0.6) is 11.5 Å². The van der Waals surface area contributed by atoms with E-state index in [0.717, 1.165) is 5.75 Å². The number of ketones is 1. The Kier molecular flexibility index (Phi) is 6.59. The molecule has 0 aliphatic rings. The molecule has 0 fully saturated rings. The molecule has 0 aliphatic heterocycles. The van der Waals surface area contributed by atoms with Gasteiger partial charge in [0.2, 0.25) is 0 Å². The van der Waals surface area contributed by atoms with Gasteiger partial charge in [0.25, 0.3) is 11.1 Å². The zero-order valence-corrected chi connectivity index (χ0v) is 17.8. The lowest BCUT2D eigenvalue weighted by Gasteiger charge is -2.19. The average Bonchev–Trinajstić information content (AvgIpc) is 3.18. The molecule has 7 heteroatoms.